The summed E-state index contributed by atoms with van der Waals surface area (Å²) in [5, 5.41) is 7.82. The number of ether oxygens (including phenoxy) is 1. The largest absolute Gasteiger partial charge is 0.497 e. The summed E-state index contributed by atoms with van der Waals surface area (Å²) in [7, 11) is 1.65. The fraction of sp³-hybridized carbons (Fsp3) is 0.294. The van der Waals surface area contributed by atoms with Gasteiger partial charge in [0.15, 0.2) is 0 Å². The van der Waals surface area contributed by atoms with Gasteiger partial charge in [-0.05, 0) is 44.0 Å². The number of methoxy groups -OCH3 is 1. The zero-order valence-corrected chi connectivity index (χ0v) is 13.4. The minimum Gasteiger partial charge on any atom is -0.497 e. The molecule has 0 atom stereocenters. The number of hydrogen-bond acceptors (Lipinski definition) is 4. The molecule has 2 aromatic heterocycles. The Labute approximate surface area is 133 Å². The molecular weight excluding hydrogens is 294 g/mol. The Morgan fingerprint density at radius 2 is 2.22 bits per heavy atom. The van der Waals surface area contributed by atoms with Crippen molar-refractivity contribution < 1.29 is 14.1 Å². The van der Waals surface area contributed by atoms with Crippen LogP contribution in [-0.2, 0) is 6.42 Å². The molecule has 0 saturated heterocycles. The van der Waals surface area contributed by atoms with E-state index in [4.69, 9.17) is 9.26 Å². The Hall–Kier alpha value is -2.76. The van der Waals surface area contributed by atoms with E-state index >= 15 is 0 Å². The molecule has 1 amide bonds. The highest BCUT2D eigenvalue weighted by molar-refractivity contribution is 5.96. The molecule has 0 aliphatic rings. The van der Waals surface area contributed by atoms with Crippen LogP contribution in [0.15, 0.2) is 28.9 Å². The third-order valence-electron chi connectivity index (χ3n) is 3.91. The average Bonchev–Trinajstić information content (AvgIpc) is 3.10. The summed E-state index contributed by atoms with van der Waals surface area (Å²) in [6.07, 6.45) is 2.69. The number of benzene rings is 1. The first-order valence-corrected chi connectivity index (χ1v) is 7.45. The summed E-state index contributed by atoms with van der Waals surface area (Å²) >= 11 is 0. The Balaban J connectivity index is 1.68. The van der Waals surface area contributed by atoms with E-state index in [0.29, 0.717) is 23.6 Å². The van der Waals surface area contributed by atoms with Crippen LogP contribution in [0.25, 0.3) is 10.9 Å². The lowest BCUT2D eigenvalue weighted by molar-refractivity contribution is 0.0952. The highest BCUT2D eigenvalue weighted by Crippen LogP contribution is 2.23. The highest BCUT2D eigenvalue weighted by Gasteiger charge is 2.17. The van der Waals surface area contributed by atoms with Crippen LogP contribution < -0.4 is 10.1 Å². The monoisotopic (exact) mass is 313 g/mol. The van der Waals surface area contributed by atoms with Gasteiger partial charge in [0.05, 0.1) is 12.8 Å². The van der Waals surface area contributed by atoms with Gasteiger partial charge < -0.3 is 19.6 Å². The van der Waals surface area contributed by atoms with Crippen molar-refractivity contribution in [1.29, 1.82) is 0 Å². The van der Waals surface area contributed by atoms with Crippen LogP contribution in [0.2, 0.25) is 0 Å². The van der Waals surface area contributed by atoms with Crippen molar-refractivity contribution in [2.45, 2.75) is 20.3 Å². The molecule has 0 fully saturated rings. The van der Waals surface area contributed by atoms with E-state index in [1.807, 2.05) is 24.4 Å². The molecule has 0 aliphatic heterocycles. The van der Waals surface area contributed by atoms with Crippen molar-refractivity contribution in [2.75, 3.05) is 13.7 Å². The average molecular weight is 313 g/mol. The Bertz CT molecular complexity index is 829. The van der Waals surface area contributed by atoms with Gasteiger partial charge >= 0.3 is 0 Å². The molecule has 0 aliphatic carbocycles. The van der Waals surface area contributed by atoms with Crippen LogP contribution in [-0.4, -0.2) is 29.7 Å². The molecule has 2 heterocycles. The normalized spacial score (nSPS) is 10.9. The van der Waals surface area contributed by atoms with E-state index in [0.717, 1.165) is 28.6 Å². The fourth-order valence-corrected chi connectivity index (χ4v) is 2.70. The molecule has 2 N–H and O–H groups in total. The van der Waals surface area contributed by atoms with Gasteiger partial charge in [0.1, 0.15) is 17.1 Å². The molecule has 0 radical (unpaired) electrons. The summed E-state index contributed by atoms with van der Waals surface area (Å²) < 4.78 is 10.3. The number of fused-ring (bicyclic) bond motifs is 1. The second kappa shape index (κ2) is 6.16. The van der Waals surface area contributed by atoms with E-state index < -0.39 is 0 Å². The number of aromatic amines is 1. The number of carbonyl (C=O) groups excluding carboxylic acids is 1. The molecule has 3 rings (SSSR count). The summed E-state index contributed by atoms with van der Waals surface area (Å²) in [6, 6.07) is 5.90. The van der Waals surface area contributed by atoms with Crippen molar-refractivity contribution in [2.24, 2.45) is 0 Å². The Kier molecular flexibility index (Phi) is 4.06. The molecule has 0 saturated carbocycles. The first-order chi connectivity index (χ1) is 11.1. The standard InChI is InChI=1S/C17H19N3O3/c1-10-16(11(2)23-20-10)17(21)18-7-6-12-9-19-15-5-4-13(22-3)8-14(12)15/h4-5,8-9,19H,6-7H2,1-3H3,(H,18,21). The molecule has 120 valence electrons. The molecule has 1 aromatic carbocycles. The number of carbonyl (C=O) groups is 1. The number of hydrogen-bond donors (Lipinski definition) is 2. The number of H-pyrrole nitrogens is 1. The lowest BCUT2D eigenvalue weighted by atomic mass is 10.1. The van der Waals surface area contributed by atoms with Crippen molar-refractivity contribution >= 4 is 16.8 Å². The van der Waals surface area contributed by atoms with Crippen molar-refractivity contribution in [1.82, 2.24) is 15.5 Å². The van der Waals surface area contributed by atoms with Crippen LogP contribution >= 0.6 is 0 Å². The molecule has 0 spiro atoms. The van der Waals surface area contributed by atoms with Crippen molar-refractivity contribution in [3.05, 3.63) is 47.0 Å². The quantitative estimate of drug-likeness (QED) is 0.759. The van der Waals surface area contributed by atoms with Crippen LogP contribution in [0, 0.1) is 13.8 Å². The van der Waals surface area contributed by atoms with Crippen LogP contribution in [0.4, 0.5) is 0 Å². The lowest BCUT2D eigenvalue weighted by Gasteiger charge is -2.05. The maximum atomic E-state index is 12.2. The van der Waals surface area contributed by atoms with Crippen LogP contribution in [0.5, 0.6) is 5.75 Å². The van der Waals surface area contributed by atoms with Crippen LogP contribution in [0.3, 0.4) is 0 Å². The van der Waals surface area contributed by atoms with Gasteiger partial charge in [-0.1, -0.05) is 5.16 Å². The molecule has 6 heteroatoms. The number of nitrogens with one attached hydrogen (secondary N) is 2. The van der Waals surface area contributed by atoms with E-state index in [9.17, 15) is 4.79 Å². The topological polar surface area (TPSA) is 80.1 Å². The second-order valence-corrected chi connectivity index (χ2v) is 5.43. The SMILES string of the molecule is COc1ccc2[nH]cc(CCNC(=O)c3c(C)noc3C)c2c1. The lowest BCUT2D eigenvalue weighted by Crippen LogP contribution is -2.26. The zero-order valence-electron chi connectivity index (χ0n) is 13.4. The van der Waals surface area contributed by atoms with Gasteiger partial charge in [-0.25, -0.2) is 0 Å². The Morgan fingerprint density at radius 3 is 2.91 bits per heavy atom. The number of aromatic nitrogens is 2. The van der Waals surface area contributed by atoms with Crippen LogP contribution in [0.1, 0.15) is 27.4 Å². The minimum atomic E-state index is -0.154. The predicted octanol–water partition coefficient (Wildman–Crippen LogP) is 2.75. The number of rotatable bonds is 5. The molecule has 0 bridgehead atoms. The minimum absolute atomic E-state index is 0.154. The number of nitrogens with zero attached hydrogens (tertiary/aromatic N) is 1. The molecule has 3 aromatic rings. The summed E-state index contributed by atoms with van der Waals surface area (Å²) in [6.45, 7) is 4.03. The third kappa shape index (κ3) is 2.92. The van der Waals surface area contributed by atoms with E-state index in [-0.39, 0.29) is 5.91 Å². The van der Waals surface area contributed by atoms with E-state index in [1.54, 1.807) is 21.0 Å². The predicted molar refractivity (Wildman–Crippen MR) is 86.9 cm³/mol. The van der Waals surface area contributed by atoms with Gasteiger partial charge in [-0.3, -0.25) is 4.79 Å². The molecule has 6 nitrogen and oxygen atoms in total. The maximum Gasteiger partial charge on any atom is 0.256 e. The summed E-state index contributed by atoms with van der Waals surface area (Å²) in [5.74, 6) is 1.20. The van der Waals surface area contributed by atoms with Gasteiger partial charge in [-0.2, -0.15) is 0 Å². The van der Waals surface area contributed by atoms with Gasteiger partial charge in [0.25, 0.3) is 5.91 Å². The first kappa shape index (κ1) is 15.1. The van der Waals surface area contributed by atoms with E-state index in [1.165, 1.54) is 0 Å². The third-order valence-corrected chi connectivity index (χ3v) is 3.91. The maximum absolute atomic E-state index is 12.2. The highest BCUT2D eigenvalue weighted by atomic mass is 16.5. The summed E-state index contributed by atoms with van der Waals surface area (Å²) in [5.41, 5.74) is 3.32. The fourth-order valence-electron chi connectivity index (χ4n) is 2.70. The second-order valence-electron chi connectivity index (χ2n) is 5.43. The van der Waals surface area contributed by atoms with Gasteiger partial charge in [-0.15, -0.1) is 0 Å². The first-order valence-electron chi connectivity index (χ1n) is 7.45. The van der Waals surface area contributed by atoms with Gasteiger partial charge in [0.2, 0.25) is 0 Å². The van der Waals surface area contributed by atoms with Crippen molar-refractivity contribution in [3.63, 3.8) is 0 Å². The smallest absolute Gasteiger partial charge is 0.256 e. The van der Waals surface area contributed by atoms with E-state index in [2.05, 4.69) is 15.5 Å². The van der Waals surface area contributed by atoms with Gasteiger partial charge in [0, 0.05) is 23.6 Å². The molecular formula is C17H19N3O3. The number of aryl methyl sites for hydroxylation is 2. The summed E-state index contributed by atoms with van der Waals surface area (Å²) in [4.78, 5) is 15.4. The Morgan fingerprint density at radius 1 is 1.39 bits per heavy atom. The molecule has 0 unspecified atom stereocenters. The zero-order chi connectivity index (χ0) is 16.4. The molecule has 23 heavy (non-hydrogen) atoms. The van der Waals surface area contributed by atoms with Crippen molar-refractivity contribution in [3.8, 4) is 5.75 Å². The number of amides is 1.